The van der Waals surface area contributed by atoms with Gasteiger partial charge in [-0.25, -0.2) is 14.8 Å². The van der Waals surface area contributed by atoms with Gasteiger partial charge in [-0.1, -0.05) is 38.1 Å². The number of rotatable bonds is 29. The van der Waals surface area contributed by atoms with E-state index in [0.717, 1.165) is 50.2 Å². The summed E-state index contributed by atoms with van der Waals surface area (Å²) in [4.78, 5) is 79.9. The predicted molar refractivity (Wildman–Crippen MR) is 337 cm³/mol. The number of nitrogens with one attached hydrogen (secondary N) is 5. The van der Waals surface area contributed by atoms with Crippen LogP contribution in [-0.4, -0.2) is 149 Å². The van der Waals surface area contributed by atoms with Crippen molar-refractivity contribution in [1.82, 2.24) is 35.9 Å². The summed E-state index contributed by atoms with van der Waals surface area (Å²) in [7, 11) is -8.59. The number of carboxylic acid groups (broad SMARTS) is 1. The van der Waals surface area contributed by atoms with Gasteiger partial charge in [0.05, 0.1) is 60.9 Å². The van der Waals surface area contributed by atoms with Crippen molar-refractivity contribution < 1.29 is 64.3 Å². The molecule has 8 rings (SSSR count). The fourth-order valence-corrected chi connectivity index (χ4v) is 12.2. The van der Waals surface area contributed by atoms with E-state index in [1.807, 2.05) is 62.4 Å². The first-order chi connectivity index (χ1) is 42.2. The van der Waals surface area contributed by atoms with Crippen molar-refractivity contribution >= 4 is 94.6 Å². The van der Waals surface area contributed by atoms with E-state index in [4.69, 9.17) is 15.2 Å². The SMILES string of the molecule is CCN1C(=CC=CC=CC2=[N+](CCCCS(=O)(=O)O)c3ccc(C(=O)NCCOCCOCCNC(=O)CC[C@@H](NC(=O)c4ccc(NCc5cnc6nc(N)[nH]c(=O)c6n5)cc4)C(=O)O)cc3C2(C)C)C(C)(C)c2c1ccc1c(C)cc(S(=O)(=O)O)cc21. The number of nitrogens with zero attached hydrogens (tertiary/aromatic N) is 5. The van der Waals surface area contributed by atoms with Crippen molar-refractivity contribution in [2.24, 2.45) is 0 Å². The van der Waals surface area contributed by atoms with E-state index in [1.54, 1.807) is 24.3 Å². The zero-order chi connectivity index (χ0) is 64.4. The molecule has 0 saturated carbocycles. The molecule has 0 aliphatic carbocycles. The van der Waals surface area contributed by atoms with Crippen LogP contribution in [0.2, 0.25) is 0 Å². The number of aryl methyl sites for hydroxylation is 1. The number of aromatic nitrogens is 4. The maximum absolute atomic E-state index is 13.5. The van der Waals surface area contributed by atoms with Gasteiger partial charge < -0.3 is 46.5 Å². The highest BCUT2D eigenvalue weighted by molar-refractivity contribution is 7.86. The number of aliphatic carboxylic acids is 1. The summed E-state index contributed by atoms with van der Waals surface area (Å²) < 4.78 is 80.5. The largest absolute Gasteiger partial charge is 0.480 e. The number of unbranched alkanes of at least 4 members (excludes halogenated alkanes) is 1. The summed E-state index contributed by atoms with van der Waals surface area (Å²) in [5.41, 5.74) is 12.0. The Kier molecular flexibility index (Phi) is 21.0. The third kappa shape index (κ3) is 16.1. The molecule has 4 heterocycles. The van der Waals surface area contributed by atoms with Crippen LogP contribution in [0.15, 0.2) is 119 Å². The molecule has 4 aromatic carbocycles. The van der Waals surface area contributed by atoms with E-state index in [2.05, 4.69) is 84.4 Å². The first-order valence-electron chi connectivity index (χ1n) is 28.9. The molecule has 1 atom stereocenters. The molecule has 6 aromatic rings. The number of hydrogen-bond donors (Lipinski definition) is 9. The third-order valence-corrected chi connectivity index (χ3v) is 17.2. The Labute approximate surface area is 515 Å². The Hall–Kier alpha value is -8.73. The number of amides is 3. The van der Waals surface area contributed by atoms with Crippen molar-refractivity contribution in [2.45, 2.75) is 95.5 Å². The average Bonchev–Trinajstić information content (AvgIpc) is 1.61. The summed E-state index contributed by atoms with van der Waals surface area (Å²) in [6.07, 6.45) is 11.6. The van der Waals surface area contributed by atoms with Crippen molar-refractivity contribution in [2.75, 3.05) is 74.3 Å². The van der Waals surface area contributed by atoms with E-state index in [0.29, 0.717) is 36.5 Å². The Morgan fingerprint density at radius 1 is 0.831 bits per heavy atom. The topological polar surface area (TPSA) is 368 Å². The molecule has 0 radical (unpaired) electrons. The fourth-order valence-electron chi connectivity index (χ4n) is 11.1. The summed E-state index contributed by atoms with van der Waals surface area (Å²) in [6.45, 7) is 14.5. The number of hydrogen-bond acceptors (Lipinski definition) is 17. The Morgan fingerprint density at radius 2 is 1.54 bits per heavy atom. The van der Waals surface area contributed by atoms with Gasteiger partial charge in [-0.2, -0.15) is 26.4 Å². The molecule has 0 fully saturated rings. The standard InChI is InChI=1S/C62H73N11O14S2/c1-7-72-49-23-20-44-38(2)33-43(89(83,84)85)35-45(44)53(49)62(5,6)51(72)14-10-8-9-13-50-61(3,4)46-34-40(17-22-48(46)73(50)27-11-12-32-88(80,81)82)56(75)65-26-29-87-31-30-86-28-25-64-52(74)24-21-47(59(78)79)69-57(76)39-15-18-41(19-16-39)66-36-42-37-67-55-54(68-42)58(77)71-60(63)70-55/h8-10,13-20,22-23,33-35,37,47H,7,11-12,21,24-32,36H2,1-6H3,(H9-,63,64,65,66,67,69,70,71,74,75,76,77,78,79,80,81,82,83,84,85)/p+1/t47-/m1/s1. The Morgan fingerprint density at radius 3 is 2.22 bits per heavy atom. The van der Waals surface area contributed by atoms with Crippen molar-refractivity contribution in [3.8, 4) is 0 Å². The summed E-state index contributed by atoms with van der Waals surface area (Å²) in [5, 5.41) is 22.6. The fraction of sp³-hybridized carbons (Fsp3) is 0.371. The minimum atomic E-state index is -4.45. The van der Waals surface area contributed by atoms with E-state index >= 15 is 0 Å². The number of nitrogen functional groups attached to an aromatic ring is 1. The number of carbonyl (C=O) groups excluding carboxylic acids is 3. The summed E-state index contributed by atoms with van der Waals surface area (Å²) in [6, 6.07) is 17.4. The van der Waals surface area contributed by atoms with Gasteiger partial charge in [-0.05, 0) is 123 Å². The summed E-state index contributed by atoms with van der Waals surface area (Å²) >= 11 is 0. The van der Waals surface area contributed by atoms with Gasteiger partial charge in [0.2, 0.25) is 17.5 Å². The lowest BCUT2D eigenvalue weighted by Crippen LogP contribution is -2.41. The number of fused-ring (bicyclic) bond motifs is 5. The zero-order valence-electron chi connectivity index (χ0n) is 50.3. The van der Waals surface area contributed by atoms with Crippen LogP contribution < -0.4 is 37.5 Å². The molecular weight excluding hydrogens is 1190 g/mol. The zero-order valence-corrected chi connectivity index (χ0v) is 51.9. The molecule has 0 unspecified atom stereocenters. The average molecular weight is 1260 g/mol. The van der Waals surface area contributed by atoms with Gasteiger partial charge >= 0.3 is 5.97 Å². The quantitative estimate of drug-likeness (QED) is 0.0112. The molecule has 89 heavy (non-hydrogen) atoms. The molecular formula is C62H74N11O14S2+. The molecule has 3 amide bonds. The van der Waals surface area contributed by atoms with Gasteiger partial charge in [0.15, 0.2) is 16.9 Å². The molecule has 10 N–H and O–H groups in total. The maximum Gasteiger partial charge on any atom is 0.326 e. The number of carboxylic acids is 1. The van der Waals surface area contributed by atoms with Gasteiger partial charge in [-0.15, -0.1) is 0 Å². The van der Waals surface area contributed by atoms with Crippen LogP contribution in [0, 0.1) is 6.92 Å². The first kappa shape index (κ1) is 66.2. The van der Waals surface area contributed by atoms with Gasteiger partial charge in [0, 0.05) is 83.8 Å². The van der Waals surface area contributed by atoms with Crippen LogP contribution in [0.4, 0.5) is 23.0 Å². The molecule has 0 saturated heterocycles. The number of ether oxygens (including phenoxy) is 2. The highest BCUT2D eigenvalue weighted by Gasteiger charge is 2.45. The second-order valence-corrected chi connectivity index (χ2v) is 25.5. The Bertz CT molecular complexity index is 4130. The molecule has 0 bridgehead atoms. The second kappa shape index (κ2) is 28.2. The molecule has 2 aliphatic rings. The van der Waals surface area contributed by atoms with Crippen LogP contribution in [0.1, 0.15) is 103 Å². The van der Waals surface area contributed by atoms with Gasteiger partial charge in [0.25, 0.3) is 37.6 Å². The lowest BCUT2D eigenvalue weighted by Gasteiger charge is -2.26. The second-order valence-electron chi connectivity index (χ2n) is 22.5. The molecule has 472 valence electrons. The molecule has 25 nitrogen and oxygen atoms in total. The number of anilines is 3. The van der Waals surface area contributed by atoms with Crippen molar-refractivity contribution in [3.63, 3.8) is 0 Å². The number of allylic oxidation sites excluding steroid dienone is 6. The van der Waals surface area contributed by atoms with Crippen LogP contribution >= 0.6 is 0 Å². The van der Waals surface area contributed by atoms with Gasteiger partial charge in [0.1, 0.15) is 12.6 Å². The number of nitrogens with two attached hydrogens (primary N) is 1. The smallest absolute Gasteiger partial charge is 0.326 e. The first-order valence-corrected chi connectivity index (χ1v) is 31.9. The van der Waals surface area contributed by atoms with Gasteiger partial charge in [-0.3, -0.25) is 33.3 Å². The van der Waals surface area contributed by atoms with Crippen molar-refractivity contribution in [3.05, 3.63) is 153 Å². The maximum atomic E-state index is 13.5. The van der Waals surface area contributed by atoms with E-state index in [1.165, 1.54) is 24.4 Å². The summed E-state index contributed by atoms with van der Waals surface area (Å²) in [5.74, 6) is -3.13. The Balaban J connectivity index is 0.766. The van der Waals surface area contributed by atoms with Crippen LogP contribution in [-0.2, 0) is 56.7 Å². The minimum absolute atomic E-state index is 0.0337. The van der Waals surface area contributed by atoms with E-state index < -0.39 is 60.5 Å². The lowest BCUT2D eigenvalue weighted by molar-refractivity contribution is -0.438. The van der Waals surface area contributed by atoms with Crippen LogP contribution in [0.5, 0.6) is 0 Å². The minimum Gasteiger partial charge on any atom is -0.480 e. The number of aromatic amines is 1. The number of likely N-dealkylation sites (N-methyl/N-ethyl adjacent to an activating group) is 1. The number of benzene rings is 4. The highest BCUT2D eigenvalue weighted by Crippen LogP contribution is 2.51. The molecule has 0 spiro atoms. The third-order valence-electron chi connectivity index (χ3n) is 15.5. The van der Waals surface area contributed by atoms with Crippen LogP contribution in [0.3, 0.4) is 0 Å². The van der Waals surface area contributed by atoms with E-state index in [-0.39, 0.29) is 105 Å². The highest BCUT2D eigenvalue weighted by atomic mass is 32.2. The monoisotopic (exact) mass is 1260 g/mol. The van der Waals surface area contributed by atoms with Crippen LogP contribution in [0.25, 0.3) is 21.9 Å². The predicted octanol–water partition coefficient (Wildman–Crippen LogP) is 6.02. The molecule has 2 aromatic heterocycles. The van der Waals surface area contributed by atoms with Crippen molar-refractivity contribution in [1.29, 1.82) is 0 Å². The molecule has 27 heteroatoms. The normalized spacial score (nSPS) is 15.3. The number of H-pyrrole nitrogens is 1. The van der Waals surface area contributed by atoms with E-state index in [9.17, 15) is 55.0 Å². The lowest BCUT2D eigenvalue weighted by atomic mass is 9.80. The number of carbonyl (C=O) groups is 4. The molecule has 2 aliphatic heterocycles.